The molecule has 1 heterocycles. The van der Waals surface area contributed by atoms with Crippen LogP contribution in [-0.2, 0) is 14.3 Å². The maximum atomic E-state index is 12.9. The van der Waals surface area contributed by atoms with Crippen molar-refractivity contribution in [1.29, 1.82) is 0 Å². The molecular formula is C44H83NO7. The van der Waals surface area contributed by atoms with Gasteiger partial charge in [-0.15, -0.1) is 0 Å². The molecule has 8 nitrogen and oxygen atoms in total. The van der Waals surface area contributed by atoms with E-state index in [-0.39, 0.29) is 25.5 Å². The van der Waals surface area contributed by atoms with Gasteiger partial charge in [0.25, 0.3) is 0 Å². The number of aliphatic hydroxyl groups excluding tert-OH is 4. The Morgan fingerprint density at radius 2 is 1.17 bits per heavy atom. The summed E-state index contributed by atoms with van der Waals surface area (Å²) in [6.07, 6.45) is 36.9. The molecule has 2 unspecified atom stereocenters. The minimum absolute atomic E-state index is 0.0216. The molecule has 0 aromatic rings. The fraction of sp³-hybridized carbons (Fsp3) is 0.886. The number of allylic oxidation sites excluding steroid dienone is 4. The molecule has 0 aromatic carbocycles. The summed E-state index contributed by atoms with van der Waals surface area (Å²) in [4.78, 5) is 12.9. The van der Waals surface area contributed by atoms with Crippen molar-refractivity contribution < 1.29 is 34.7 Å². The molecule has 0 saturated carbocycles. The SMILES string of the molecule is CCCCC/C=C\C/C=C\CCCCCCCCCC(=O)N[C@@H](CO[C@H]1OC(CO)[C@H](O)CC1O)[C@H](O)CCCCCCCCCCCCCCC. The van der Waals surface area contributed by atoms with Gasteiger partial charge in [0, 0.05) is 12.8 Å². The van der Waals surface area contributed by atoms with Crippen LogP contribution in [0.2, 0.25) is 0 Å². The van der Waals surface area contributed by atoms with Crippen molar-refractivity contribution in [3.63, 3.8) is 0 Å². The van der Waals surface area contributed by atoms with Crippen molar-refractivity contribution in [2.75, 3.05) is 13.2 Å². The van der Waals surface area contributed by atoms with Gasteiger partial charge in [0.1, 0.15) is 12.2 Å². The average molecular weight is 738 g/mol. The zero-order valence-electron chi connectivity index (χ0n) is 33.7. The smallest absolute Gasteiger partial charge is 0.220 e. The van der Waals surface area contributed by atoms with Crippen molar-refractivity contribution in [2.45, 2.75) is 237 Å². The molecule has 0 spiro atoms. The minimum Gasteiger partial charge on any atom is -0.394 e. The molecule has 1 rings (SSSR count). The summed E-state index contributed by atoms with van der Waals surface area (Å²) in [7, 11) is 0. The van der Waals surface area contributed by atoms with Gasteiger partial charge in [0.2, 0.25) is 5.91 Å². The van der Waals surface area contributed by atoms with Crippen LogP contribution in [0.25, 0.3) is 0 Å². The first-order valence-electron chi connectivity index (χ1n) is 21.9. The number of carbonyl (C=O) groups is 1. The molecule has 1 aliphatic heterocycles. The first-order valence-corrected chi connectivity index (χ1v) is 21.9. The third-order valence-electron chi connectivity index (χ3n) is 10.4. The van der Waals surface area contributed by atoms with Crippen molar-refractivity contribution >= 4 is 5.91 Å². The molecule has 0 aromatic heterocycles. The van der Waals surface area contributed by atoms with Crippen molar-refractivity contribution in [3.8, 4) is 0 Å². The lowest BCUT2D eigenvalue weighted by Gasteiger charge is -2.37. The topological polar surface area (TPSA) is 128 Å². The highest BCUT2D eigenvalue weighted by atomic mass is 16.7. The molecule has 1 saturated heterocycles. The van der Waals surface area contributed by atoms with E-state index in [0.29, 0.717) is 12.8 Å². The fourth-order valence-corrected chi connectivity index (χ4v) is 6.93. The average Bonchev–Trinajstić information content (AvgIpc) is 3.13. The first kappa shape index (κ1) is 48.7. The second kappa shape index (κ2) is 35.4. The molecule has 0 bridgehead atoms. The van der Waals surface area contributed by atoms with Crippen LogP contribution in [0.1, 0.15) is 200 Å². The van der Waals surface area contributed by atoms with E-state index < -0.39 is 36.7 Å². The summed E-state index contributed by atoms with van der Waals surface area (Å²) in [5.41, 5.74) is 0. The molecule has 1 aliphatic rings. The lowest BCUT2D eigenvalue weighted by molar-refractivity contribution is -0.272. The zero-order valence-corrected chi connectivity index (χ0v) is 33.7. The molecule has 52 heavy (non-hydrogen) atoms. The Bertz CT molecular complexity index is 852. The summed E-state index contributed by atoms with van der Waals surface area (Å²) in [5.74, 6) is -0.102. The number of amides is 1. The minimum atomic E-state index is -1.06. The number of nitrogens with one attached hydrogen (secondary N) is 1. The van der Waals surface area contributed by atoms with Crippen molar-refractivity contribution in [1.82, 2.24) is 5.32 Å². The van der Waals surface area contributed by atoms with Crippen LogP contribution in [0, 0.1) is 0 Å². The molecule has 6 atom stereocenters. The highest BCUT2D eigenvalue weighted by Crippen LogP contribution is 2.22. The number of carbonyl (C=O) groups excluding carboxylic acids is 1. The number of unbranched alkanes of at least 4 members (excludes halogenated alkanes) is 22. The van der Waals surface area contributed by atoms with Gasteiger partial charge in [-0.25, -0.2) is 0 Å². The van der Waals surface area contributed by atoms with E-state index in [1.165, 1.54) is 116 Å². The Kier molecular flexibility index (Phi) is 33.2. The van der Waals surface area contributed by atoms with Gasteiger partial charge in [-0.3, -0.25) is 4.79 Å². The van der Waals surface area contributed by atoms with E-state index >= 15 is 0 Å². The maximum Gasteiger partial charge on any atom is 0.220 e. The van der Waals surface area contributed by atoms with E-state index in [1.54, 1.807) is 0 Å². The lowest BCUT2D eigenvalue weighted by atomic mass is 10.0. The summed E-state index contributed by atoms with van der Waals surface area (Å²) >= 11 is 0. The summed E-state index contributed by atoms with van der Waals surface area (Å²) in [5, 5.41) is 44.0. The first-order chi connectivity index (χ1) is 25.4. The van der Waals surface area contributed by atoms with Gasteiger partial charge in [-0.2, -0.15) is 0 Å². The Morgan fingerprint density at radius 3 is 1.73 bits per heavy atom. The molecule has 0 aliphatic carbocycles. The van der Waals surface area contributed by atoms with Crippen LogP contribution >= 0.6 is 0 Å². The summed E-state index contributed by atoms with van der Waals surface area (Å²) in [6, 6.07) is -0.629. The number of hydrogen-bond donors (Lipinski definition) is 5. The Hall–Kier alpha value is -1.29. The molecule has 0 radical (unpaired) electrons. The molecule has 5 N–H and O–H groups in total. The quantitative estimate of drug-likeness (QED) is 0.0320. The molecular weight excluding hydrogens is 654 g/mol. The van der Waals surface area contributed by atoms with E-state index in [2.05, 4.69) is 43.5 Å². The summed E-state index contributed by atoms with van der Waals surface area (Å²) < 4.78 is 11.4. The van der Waals surface area contributed by atoms with E-state index in [1.807, 2.05) is 0 Å². The van der Waals surface area contributed by atoms with Gasteiger partial charge in [0.15, 0.2) is 6.29 Å². The predicted molar refractivity (Wildman–Crippen MR) is 215 cm³/mol. The number of hydrogen-bond acceptors (Lipinski definition) is 7. The zero-order chi connectivity index (χ0) is 37.9. The van der Waals surface area contributed by atoms with Gasteiger partial charge in [-0.05, 0) is 44.9 Å². The van der Waals surface area contributed by atoms with Crippen molar-refractivity contribution in [3.05, 3.63) is 24.3 Å². The fourth-order valence-electron chi connectivity index (χ4n) is 6.93. The number of ether oxygens (including phenoxy) is 2. The van der Waals surface area contributed by atoms with Crippen LogP contribution in [0.3, 0.4) is 0 Å². The van der Waals surface area contributed by atoms with Crippen molar-refractivity contribution in [2.24, 2.45) is 0 Å². The normalized spacial score (nSPS) is 20.6. The Labute approximate surface area is 319 Å². The molecule has 1 amide bonds. The Balaban J connectivity index is 2.31. The summed E-state index contributed by atoms with van der Waals surface area (Å²) in [6.45, 7) is 4.09. The number of rotatable bonds is 36. The van der Waals surface area contributed by atoms with E-state index in [9.17, 15) is 25.2 Å². The van der Waals surface area contributed by atoms with Crippen LogP contribution in [-0.4, -0.2) is 76.3 Å². The third-order valence-corrected chi connectivity index (χ3v) is 10.4. The van der Waals surface area contributed by atoms with Crippen LogP contribution < -0.4 is 5.32 Å². The standard InChI is InChI=1S/C44H83NO7/c1-3-5-7-9-11-13-15-17-18-19-20-22-24-26-28-30-32-34-43(50)45-38(37-51-44-41(49)35-40(48)42(36-46)52-44)39(47)33-31-29-27-25-23-21-16-14-12-10-8-6-4-2/h11,13,17-18,38-42,44,46-49H,3-10,12,14-16,19-37H2,1-2H3,(H,45,50)/b13-11-,18-17-/t38-,39+,40+,41?,42?,44-/m0/s1. The number of aliphatic hydroxyl groups is 4. The monoisotopic (exact) mass is 738 g/mol. The second-order valence-electron chi connectivity index (χ2n) is 15.4. The molecule has 8 heteroatoms. The molecule has 1 fully saturated rings. The second-order valence-corrected chi connectivity index (χ2v) is 15.4. The van der Waals surface area contributed by atoms with Gasteiger partial charge in [0.05, 0.1) is 31.5 Å². The van der Waals surface area contributed by atoms with Crippen LogP contribution in [0.4, 0.5) is 0 Å². The van der Waals surface area contributed by atoms with Crippen LogP contribution in [0.5, 0.6) is 0 Å². The predicted octanol–water partition coefficient (Wildman–Crippen LogP) is 9.75. The third kappa shape index (κ3) is 27.3. The van der Waals surface area contributed by atoms with E-state index in [4.69, 9.17) is 9.47 Å². The van der Waals surface area contributed by atoms with Gasteiger partial charge < -0.3 is 35.2 Å². The highest BCUT2D eigenvalue weighted by Gasteiger charge is 2.37. The van der Waals surface area contributed by atoms with E-state index in [0.717, 1.165) is 51.4 Å². The van der Waals surface area contributed by atoms with Crippen LogP contribution in [0.15, 0.2) is 24.3 Å². The van der Waals surface area contributed by atoms with Gasteiger partial charge >= 0.3 is 0 Å². The largest absolute Gasteiger partial charge is 0.394 e. The Morgan fingerprint density at radius 1 is 0.692 bits per heavy atom. The highest BCUT2D eigenvalue weighted by molar-refractivity contribution is 5.76. The molecule has 306 valence electrons. The van der Waals surface area contributed by atoms with Gasteiger partial charge in [-0.1, -0.05) is 167 Å². The lowest BCUT2D eigenvalue weighted by Crippen LogP contribution is -2.52. The maximum absolute atomic E-state index is 12.9.